The van der Waals surface area contributed by atoms with Gasteiger partial charge in [-0.1, -0.05) is 12.1 Å². The van der Waals surface area contributed by atoms with Crippen LogP contribution in [0.3, 0.4) is 0 Å². The van der Waals surface area contributed by atoms with Gasteiger partial charge in [-0.25, -0.2) is 9.37 Å². The minimum atomic E-state index is -0.320. The summed E-state index contributed by atoms with van der Waals surface area (Å²) in [5.41, 5.74) is 0.653. The Kier molecular flexibility index (Phi) is 4.92. The Hall–Kier alpha value is -3.42. The molecule has 7 nitrogen and oxygen atoms in total. The van der Waals surface area contributed by atoms with Gasteiger partial charge >= 0.3 is 0 Å². The summed E-state index contributed by atoms with van der Waals surface area (Å²) in [5.74, 6) is 0.0687. The molecule has 1 saturated heterocycles. The highest BCUT2D eigenvalue weighted by Crippen LogP contribution is 2.20. The zero-order valence-electron chi connectivity index (χ0n) is 15.1. The number of piperazine rings is 1. The Bertz CT molecular complexity index is 1020. The molecule has 28 heavy (non-hydrogen) atoms. The SMILES string of the molecule is O=C(Cn1cnc(-c2ccco2)cc1=O)N1CCN(c2ccccc2F)CC1. The molecule has 3 aromatic rings. The predicted molar refractivity (Wildman–Crippen MR) is 101 cm³/mol. The number of carbonyl (C=O) groups excluding carboxylic acids is 1. The average molecular weight is 382 g/mol. The van der Waals surface area contributed by atoms with Gasteiger partial charge in [0.2, 0.25) is 5.91 Å². The molecule has 4 rings (SSSR count). The van der Waals surface area contributed by atoms with E-state index in [1.165, 1.54) is 29.3 Å². The minimum Gasteiger partial charge on any atom is -0.463 e. The molecule has 0 aliphatic carbocycles. The number of amides is 1. The van der Waals surface area contributed by atoms with E-state index in [2.05, 4.69) is 4.98 Å². The summed E-state index contributed by atoms with van der Waals surface area (Å²) >= 11 is 0. The molecule has 2 aromatic heterocycles. The fourth-order valence-corrected chi connectivity index (χ4v) is 3.25. The molecule has 0 N–H and O–H groups in total. The van der Waals surface area contributed by atoms with Gasteiger partial charge in [0.05, 0.1) is 18.3 Å². The first-order valence-electron chi connectivity index (χ1n) is 8.99. The first kappa shape index (κ1) is 18.0. The van der Waals surface area contributed by atoms with Crippen LogP contribution in [0.4, 0.5) is 10.1 Å². The third kappa shape index (κ3) is 3.66. The molecule has 1 aromatic carbocycles. The van der Waals surface area contributed by atoms with Crippen LogP contribution in [0.15, 0.2) is 64.3 Å². The lowest BCUT2D eigenvalue weighted by molar-refractivity contribution is -0.132. The summed E-state index contributed by atoms with van der Waals surface area (Å²) in [4.78, 5) is 32.7. The van der Waals surface area contributed by atoms with Gasteiger partial charge in [-0.05, 0) is 24.3 Å². The van der Waals surface area contributed by atoms with E-state index < -0.39 is 0 Å². The number of halogens is 1. The Morgan fingerprint density at radius 1 is 1.11 bits per heavy atom. The number of hydrogen-bond donors (Lipinski definition) is 0. The van der Waals surface area contributed by atoms with Crippen molar-refractivity contribution in [3.05, 3.63) is 71.2 Å². The van der Waals surface area contributed by atoms with Crippen LogP contribution in [-0.2, 0) is 11.3 Å². The number of hydrogen-bond acceptors (Lipinski definition) is 5. The molecule has 0 bridgehead atoms. The molecule has 0 saturated carbocycles. The molecule has 0 atom stereocenters. The Morgan fingerprint density at radius 2 is 1.89 bits per heavy atom. The smallest absolute Gasteiger partial charge is 0.254 e. The van der Waals surface area contributed by atoms with Gasteiger partial charge in [-0.15, -0.1) is 0 Å². The number of anilines is 1. The van der Waals surface area contributed by atoms with Gasteiger partial charge in [0.25, 0.3) is 5.56 Å². The van der Waals surface area contributed by atoms with Gasteiger partial charge < -0.3 is 14.2 Å². The fourth-order valence-electron chi connectivity index (χ4n) is 3.25. The molecule has 0 radical (unpaired) electrons. The third-order valence-corrected chi connectivity index (χ3v) is 4.78. The maximum absolute atomic E-state index is 13.9. The summed E-state index contributed by atoms with van der Waals surface area (Å²) in [7, 11) is 0. The molecule has 1 aliphatic rings. The van der Waals surface area contributed by atoms with Crippen LogP contribution in [0.1, 0.15) is 0 Å². The van der Waals surface area contributed by atoms with Crippen molar-refractivity contribution in [2.24, 2.45) is 0 Å². The van der Waals surface area contributed by atoms with Crippen molar-refractivity contribution < 1.29 is 13.6 Å². The molecule has 1 fully saturated rings. The van der Waals surface area contributed by atoms with Crippen LogP contribution in [-0.4, -0.2) is 46.5 Å². The van der Waals surface area contributed by atoms with E-state index >= 15 is 0 Å². The zero-order chi connectivity index (χ0) is 19.5. The second-order valence-corrected chi connectivity index (χ2v) is 6.54. The van der Waals surface area contributed by atoms with Crippen molar-refractivity contribution in [2.75, 3.05) is 31.1 Å². The number of para-hydroxylation sites is 1. The monoisotopic (exact) mass is 382 g/mol. The van der Waals surface area contributed by atoms with E-state index in [4.69, 9.17) is 4.42 Å². The number of benzene rings is 1. The summed E-state index contributed by atoms with van der Waals surface area (Å²) in [5, 5.41) is 0. The second-order valence-electron chi connectivity index (χ2n) is 6.54. The largest absolute Gasteiger partial charge is 0.463 e. The maximum Gasteiger partial charge on any atom is 0.254 e. The van der Waals surface area contributed by atoms with Gasteiger partial charge in [-0.2, -0.15) is 0 Å². The molecule has 1 aliphatic heterocycles. The van der Waals surface area contributed by atoms with Crippen LogP contribution >= 0.6 is 0 Å². The van der Waals surface area contributed by atoms with Crippen molar-refractivity contribution in [1.29, 1.82) is 0 Å². The molecule has 3 heterocycles. The Labute approximate surface area is 160 Å². The van der Waals surface area contributed by atoms with Crippen molar-refractivity contribution in [2.45, 2.75) is 6.54 Å². The van der Waals surface area contributed by atoms with Crippen molar-refractivity contribution >= 4 is 11.6 Å². The third-order valence-electron chi connectivity index (χ3n) is 4.78. The number of nitrogens with zero attached hydrogens (tertiary/aromatic N) is 4. The average Bonchev–Trinajstić information content (AvgIpc) is 3.25. The first-order chi connectivity index (χ1) is 13.6. The number of carbonyl (C=O) groups is 1. The molecule has 0 unspecified atom stereocenters. The van der Waals surface area contributed by atoms with Crippen molar-refractivity contribution in [3.63, 3.8) is 0 Å². The van der Waals surface area contributed by atoms with Crippen LogP contribution < -0.4 is 10.5 Å². The van der Waals surface area contributed by atoms with E-state index in [-0.39, 0.29) is 23.8 Å². The maximum atomic E-state index is 13.9. The van der Waals surface area contributed by atoms with E-state index in [1.54, 1.807) is 35.2 Å². The highest BCUT2D eigenvalue weighted by Gasteiger charge is 2.23. The topological polar surface area (TPSA) is 71.6 Å². The number of aromatic nitrogens is 2. The van der Waals surface area contributed by atoms with E-state index in [0.29, 0.717) is 43.3 Å². The van der Waals surface area contributed by atoms with Gasteiger partial charge in [0.1, 0.15) is 18.1 Å². The fraction of sp³-hybridized carbons (Fsp3) is 0.250. The minimum absolute atomic E-state index is 0.0794. The van der Waals surface area contributed by atoms with Crippen molar-refractivity contribution in [1.82, 2.24) is 14.5 Å². The summed E-state index contributed by atoms with van der Waals surface area (Å²) in [6.45, 7) is 1.94. The molecular weight excluding hydrogens is 363 g/mol. The second kappa shape index (κ2) is 7.67. The normalized spacial score (nSPS) is 14.3. The summed E-state index contributed by atoms with van der Waals surface area (Å²) in [6, 6.07) is 11.4. The van der Waals surface area contributed by atoms with Gasteiger partial charge in [0.15, 0.2) is 5.76 Å². The zero-order valence-corrected chi connectivity index (χ0v) is 15.1. The first-order valence-corrected chi connectivity index (χ1v) is 8.99. The molecular formula is C20H19FN4O3. The van der Waals surface area contributed by atoms with Crippen molar-refractivity contribution in [3.8, 4) is 11.5 Å². The summed E-state index contributed by atoms with van der Waals surface area (Å²) < 4.78 is 20.4. The number of rotatable bonds is 4. The van der Waals surface area contributed by atoms with E-state index in [9.17, 15) is 14.0 Å². The van der Waals surface area contributed by atoms with Crippen LogP contribution in [0.25, 0.3) is 11.5 Å². The quantitative estimate of drug-likeness (QED) is 0.690. The standard InChI is InChI=1S/C20H19FN4O3/c21-15-4-1-2-5-17(15)23-7-9-24(10-8-23)20(27)13-25-14-22-16(12-19(25)26)18-6-3-11-28-18/h1-6,11-12,14H,7-10,13H2. The van der Waals surface area contributed by atoms with Crippen LogP contribution in [0, 0.1) is 5.82 Å². The lowest BCUT2D eigenvalue weighted by Crippen LogP contribution is -2.50. The highest BCUT2D eigenvalue weighted by molar-refractivity contribution is 5.76. The van der Waals surface area contributed by atoms with Crippen LogP contribution in [0.5, 0.6) is 0 Å². The molecule has 0 spiro atoms. The molecule has 144 valence electrons. The lowest BCUT2D eigenvalue weighted by atomic mass is 10.2. The van der Waals surface area contributed by atoms with Crippen LogP contribution in [0.2, 0.25) is 0 Å². The molecule has 8 heteroatoms. The lowest BCUT2D eigenvalue weighted by Gasteiger charge is -2.36. The Balaban J connectivity index is 1.39. The molecule has 1 amide bonds. The van der Waals surface area contributed by atoms with E-state index in [1.807, 2.05) is 4.90 Å². The Morgan fingerprint density at radius 3 is 2.57 bits per heavy atom. The van der Waals surface area contributed by atoms with Gasteiger partial charge in [0, 0.05) is 32.2 Å². The number of furan rings is 1. The highest BCUT2D eigenvalue weighted by atomic mass is 19.1. The summed E-state index contributed by atoms with van der Waals surface area (Å²) in [6.07, 6.45) is 2.86. The van der Waals surface area contributed by atoms with Gasteiger partial charge in [-0.3, -0.25) is 14.2 Å². The predicted octanol–water partition coefficient (Wildman–Crippen LogP) is 1.99. The van der Waals surface area contributed by atoms with E-state index in [0.717, 1.165) is 0 Å².